The first-order valence-electron chi connectivity index (χ1n) is 17.0. The van der Waals surface area contributed by atoms with Crippen LogP contribution in [-0.4, -0.2) is 0 Å². The molecule has 0 fully saturated rings. The molecule has 0 radical (unpaired) electrons. The van der Waals surface area contributed by atoms with Crippen molar-refractivity contribution in [1.82, 2.24) is 0 Å². The first kappa shape index (κ1) is 30.7. The maximum absolute atomic E-state index is 2.32. The van der Waals surface area contributed by atoms with Crippen LogP contribution in [0.3, 0.4) is 0 Å². The molecule has 0 unspecified atom stereocenters. The quantitative estimate of drug-likeness (QED) is 0.155. The van der Waals surface area contributed by atoms with Crippen LogP contribution in [0.5, 0.6) is 0 Å². The van der Waals surface area contributed by atoms with Crippen molar-refractivity contribution in [1.29, 1.82) is 0 Å². The number of hydrogen-bond donors (Lipinski definition) is 0. The lowest BCUT2D eigenvalue weighted by Crippen LogP contribution is -2.09. The van der Waals surface area contributed by atoms with Crippen LogP contribution in [0.4, 0.5) is 34.1 Å². The van der Waals surface area contributed by atoms with E-state index >= 15 is 0 Å². The second-order valence-corrected chi connectivity index (χ2v) is 12.2. The van der Waals surface area contributed by atoms with E-state index in [1.165, 1.54) is 22.3 Å². The van der Waals surface area contributed by atoms with Crippen molar-refractivity contribution >= 4 is 34.1 Å². The maximum Gasteiger partial charge on any atom is 0.0467 e. The average molecular weight is 641 g/mol. The van der Waals surface area contributed by atoms with Gasteiger partial charge in [-0.1, -0.05) is 146 Å². The van der Waals surface area contributed by atoms with E-state index in [1.54, 1.807) is 0 Å². The summed E-state index contributed by atoms with van der Waals surface area (Å²) in [5, 5.41) is 0. The van der Waals surface area contributed by atoms with Gasteiger partial charge in [-0.2, -0.15) is 0 Å². The predicted molar refractivity (Wildman–Crippen MR) is 212 cm³/mol. The van der Waals surface area contributed by atoms with E-state index < -0.39 is 0 Å². The van der Waals surface area contributed by atoms with Gasteiger partial charge in [0.1, 0.15) is 0 Å². The molecule has 0 bridgehead atoms. The van der Waals surface area contributed by atoms with Crippen molar-refractivity contribution in [2.24, 2.45) is 0 Å². The highest BCUT2D eigenvalue weighted by molar-refractivity contribution is 5.93. The molecule has 2 heteroatoms. The molecular formula is C48H36N2. The van der Waals surface area contributed by atoms with Gasteiger partial charge >= 0.3 is 0 Å². The summed E-state index contributed by atoms with van der Waals surface area (Å²) >= 11 is 0. The zero-order chi connectivity index (χ0) is 33.5. The lowest BCUT2D eigenvalue weighted by atomic mass is 9.89. The minimum absolute atomic E-state index is 1.11. The normalized spacial score (nSPS) is 10.8. The predicted octanol–water partition coefficient (Wildman–Crippen LogP) is 13.6. The Hall–Kier alpha value is -6.64. The highest BCUT2D eigenvalue weighted by Gasteiger charge is 2.17. The van der Waals surface area contributed by atoms with Crippen LogP contribution in [0.2, 0.25) is 0 Å². The zero-order valence-electron chi connectivity index (χ0n) is 27.7. The minimum atomic E-state index is 1.11. The first-order valence-corrected chi connectivity index (χ1v) is 17.0. The summed E-state index contributed by atoms with van der Waals surface area (Å²) < 4.78 is 0. The van der Waals surface area contributed by atoms with Crippen molar-refractivity contribution in [3.63, 3.8) is 0 Å². The van der Waals surface area contributed by atoms with E-state index in [-0.39, 0.29) is 0 Å². The molecule has 0 saturated carbocycles. The Bertz CT molecular complexity index is 2070. The Labute approximate surface area is 294 Å². The number of para-hydroxylation sites is 4. The summed E-state index contributed by atoms with van der Waals surface area (Å²) in [5.74, 6) is 0. The van der Waals surface area contributed by atoms with Gasteiger partial charge in [-0.3, -0.25) is 0 Å². The molecule has 8 rings (SSSR count). The summed E-state index contributed by atoms with van der Waals surface area (Å²) in [4.78, 5) is 4.63. The Morgan fingerprint density at radius 1 is 0.200 bits per heavy atom. The summed E-state index contributed by atoms with van der Waals surface area (Å²) in [6.07, 6.45) is 0. The third-order valence-corrected chi connectivity index (χ3v) is 9.03. The highest BCUT2D eigenvalue weighted by Crippen LogP contribution is 2.42. The molecule has 0 heterocycles. The molecule has 0 saturated heterocycles. The van der Waals surface area contributed by atoms with Crippen LogP contribution in [0, 0.1) is 0 Å². The van der Waals surface area contributed by atoms with E-state index in [0.29, 0.717) is 0 Å². The lowest BCUT2D eigenvalue weighted by molar-refractivity contribution is 1.28. The first-order chi connectivity index (χ1) is 24.8. The summed E-state index contributed by atoms with van der Waals surface area (Å²) in [7, 11) is 0. The van der Waals surface area contributed by atoms with Gasteiger partial charge in [0.15, 0.2) is 0 Å². The topological polar surface area (TPSA) is 6.48 Å². The number of hydrogen-bond acceptors (Lipinski definition) is 2. The van der Waals surface area contributed by atoms with Gasteiger partial charge in [-0.25, -0.2) is 0 Å². The smallest absolute Gasteiger partial charge is 0.0467 e. The van der Waals surface area contributed by atoms with Crippen LogP contribution in [0.1, 0.15) is 0 Å². The van der Waals surface area contributed by atoms with E-state index in [4.69, 9.17) is 0 Å². The minimum Gasteiger partial charge on any atom is -0.310 e. The van der Waals surface area contributed by atoms with Gasteiger partial charge < -0.3 is 9.80 Å². The highest BCUT2D eigenvalue weighted by atomic mass is 15.1. The maximum atomic E-state index is 2.32. The van der Waals surface area contributed by atoms with E-state index in [1.807, 2.05) is 0 Å². The summed E-state index contributed by atoms with van der Waals surface area (Å²) in [5.41, 5.74) is 13.8. The Balaban J connectivity index is 1.22. The molecule has 0 aromatic heterocycles. The molecule has 0 atom stereocenters. The Kier molecular flexibility index (Phi) is 8.73. The van der Waals surface area contributed by atoms with E-state index in [2.05, 4.69) is 228 Å². The van der Waals surface area contributed by atoms with Crippen molar-refractivity contribution in [2.45, 2.75) is 0 Å². The fourth-order valence-corrected chi connectivity index (χ4v) is 6.77. The van der Waals surface area contributed by atoms with Crippen molar-refractivity contribution in [2.75, 3.05) is 9.80 Å². The van der Waals surface area contributed by atoms with E-state index in [9.17, 15) is 0 Å². The van der Waals surface area contributed by atoms with Crippen LogP contribution < -0.4 is 9.80 Å². The fourth-order valence-electron chi connectivity index (χ4n) is 6.77. The van der Waals surface area contributed by atoms with Crippen molar-refractivity contribution in [3.8, 4) is 33.4 Å². The average Bonchev–Trinajstić information content (AvgIpc) is 3.20. The van der Waals surface area contributed by atoms with Gasteiger partial charge in [0.05, 0.1) is 0 Å². The largest absolute Gasteiger partial charge is 0.310 e. The molecule has 8 aromatic carbocycles. The molecule has 0 N–H and O–H groups in total. The summed E-state index contributed by atoms with van der Waals surface area (Å²) in [6.45, 7) is 0. The van der Waals surface area contributed by atoms with Gasteiger partial charge in [0, 0.05) is 34.1 Å². The standard InChI is InChI=1S/C48H36N2/c1-5-21-39(22-6-1)49(40-23-7-2-8-24-40)43-29-17-19-37(35-43)45-31-13-15-33-47(45)48-34-16-14-32-46(48)38-20-18-30-44(36-38)50(41-25-9-3-10-26-41)42-27-11-4-12-28-42/h1-36H. The fraction of sp³-hybridized carbons (Fsp3) is 0. The van der Waals surface area contributed by atoms with Crippen LogP contribution >= 0.6 is 0 Å². The molecule has 0 amide bonds. The molecule has 238 valence electrons. The molecule has 50 heavy (non-hydrogen) atoms. The molecule has 0 spiro atoms. The van der Waals surface area contributed by atoms with Gasteiger partial charge in [-0.15, -0.1) is 0 Å². The van der Waals surface area contributed by atoms with Crippen LogP contribution in [0.25, 0.3) is 33.4 Å². The van der Waals surface area contributed by atoms with E-state index in [0.717, 1.165) is 45.3 Å². The Morgan fingerprint density at radius 2 is 0.460 bits per heavy atom. The molecular weight excluding hydrogens is 605 g/mol. The molecule has 0 aliphatic heterocycles. The van der Waals surface area contributed by atoms with Crippen LogP contribution in [0.15, 0.2) is 218 Å². The van der Waals surface area contributed by atoms with Crippen LogP contribution in [-0.2, 0) is 0 Å². The third-order valence-electron chi connectivity index (χ3n) is 9.03. The molecule has 0 aliphatic carbocycles. The zero-order valence-corrected chi connectivity index (χ0v) is 27.7. The molecule has 0 aliphatic rings. The number of rotatable bonds is 9. The second-order valence-electron chi connectivity index (χ2n) is 12.2. The van der Waals surface area contributed by atoms with Gasteiger partial charge in [-0.05, 0) is 106 Å². The monoisotopic (exact) mass is 640 g/mol. The number of nitrogens with zero attached hydrogens (tertiary/aromatic N) is 2. The number of anilines is 6. The van der Waals surface area contributed by atoms with Crippen molar-refractivity contribution < 1.29 is 0 Å². The third kappa shape index (κ3) is 6.31. The Morgan fingerprint density at radius 3 is 0.780 bits per heavy atom. The SMILES string of the molecule is c1ccc(N(c2ccccc2)c2cccc(-c3ccccc3-c3ccccc3-c3cccc(N(c4ccccc4)c4ccccc4)c3)c2)cc1. The lowest BCUT2D eigenvalue weighted by Gasteiger charge is -2.26. The second kappa shape index (κ2) is 14.2. The molecule has 2 nitrogen and oxygen atoms in total. The van der Waals surface area contributed by atoms with Gasteiger partial charge in [0.25, 0.3) is 0 Å². The van der Waals surface area contributed by atoms with Gasteiger partial charge in [0.2, 0.25) is 0 Å². The number of benzene rings is 8. The molecule has 8 aromatic rings. The van der Waals surface area contributed by atoms with Crippen molar-refractivity contribution in [3.05, 3.63) is 218 Å². The summed E-state index contributed by atoms with van der Waals surface area (Å²) in [6, 6.07) is 77.6.